The molecule has 31 heavy (non-hydrogen) atoms. The van der Waals surface area contributed by atoms with Gasteiger partial charge in [0.1, 0.15) is 0 Å². The molecule has 1 saturated carbocycles. The molecule has 0 unspecified atom stereocenters. The number of hydrazone groups is 1. The van der Waals surface area contributed by atoms with Crippen molar-refractivity contribution in [1.29, 1.82) is 0 Å². The molecule has 0 atom stereocenters. The maximum absolute atomic E-state index is 13.2. The zero-order chi connectivity index (χ0) is 21.8. The third-order valence-corrected chi connectivity index (χ3v) is 5.64. The Morgan fingerprint density at radius 3 is 2.68 bits per heavy atom. The Balaban J connectivity index is 1.57. The van der Waals surface area contributed by atoms with Crippen molar-refractivity contribution in [2.75, 3.05) is 10.8 Å². The first-order chi connectivity index (χ1) is 14.9. The fourth-order valence-electron chi connectivity index (χ4n) is 2.98. The summed E-state index contributed by atoms with van der Waals surface area (Å²) < 4.78 is 41.6. The third-order valence-electron chi connectivity index (χ3n) is 4.67. The number of imidazole rings is 1. The summed E-state index contributed by atoms with van der Waals surface area (Å²) in [6.45, 7) is 0. The number of aromatic nitrogens is 2. The maximum Gasteiger partial charge on any atom is 0.416 e. The number of halogens is 3. The Morgan fingerprint density at radius 1 is 1.19 bits per heavy atom. The van der Waals surface area contributed by atoms with Gasteiger partial charge in [0.15, 0.2) is 5.16 Å². The number of rotatable bonds is 7. The maximum atomic E-state index is 13.2. The molecule has 0 radical (unpaired) electrons. The molecule has 9 heteroatoms. The van der Waals surface area contributed by atoms with E-state index in [1.165, 1.54) is 30.1 Å². The number of amides is 1. The van der Waals surface area contributed by atoms with E-state index < -0.39 is 17.6 Å². The van der Waals surface area contributed by atoms with Crippen LogP contribution in [0, 0.1) is 0 Å². The van der Waals surface area contributed by atoms with Gasteiger partial charge in [-0.2, -0.15) is 18.3 Å². The summed E-state index contributed by atoms with van der Waals surface area (Å²) in [5, 5.41) is 5.94. The molecule has 4 rings (SSSR count). The van der Waals surface area contributed by atoms with Crippen molar-refractivity contribution in [3.8, 4) is 0 Å². The van der Waals surface area contributed by atoms with Gasteiger partial charge in [0.25, 0.3) is 5.91 Å². The van der Waals surface area contributed by atoms with Crippen LogP contribution in [-0.2, 0) is 11.0 Å². The number of benzene rings is 2. The standard InChI is InChI=1S/C22H19F3N4OS/c23-22(24,25)17-7-4-8-19(13-17)29(27-14-16-5-2-1-3-6-16)20(30)15-31-21-26-11-12-28(21)18-9-10-18/h1-8,11-14,18H,9-10,15H2/b27-14+. The fraction of sp³-hybridized carbons (Fsp3) is 0.227. The van der Waals surface area contributed by atoms with Crippen molar-refractivity contribution >= 4 is 29.6 Å². The first-order valence-corrected chi connectivity index (χ1v) is 10.7. The Kier molecular flexibility index (Phi) is 6.13. The molecule has 3 aromatic rings. The molecule has 0 spiro atoms. The van der Waals surface area contributed by atoms with Gasteiger partial charge in [-0.3, -0.25) is 4.79 Å². The van der Waals surface area contributed by atoms with E-state index in [2.05, 4.69) is 10.1 Å². The number of thioether (sulfide) groups is 1. The monoisotopic (exact) mass is 444 g/mol. The van der Waals surface area contributed by atoms with Crippen molar-refractivity contribution in [1.82, 2.24) is 9.55 Å². The first-order valence-electron chi connectivity index (χ1n) is 9.67. The Hall–Kier alpha value is -3.07. The molecule has 1 aliphatic carbocycles. The van der Waals surface area contributed by atoms with E-state index >= 15 is 0 Å². The van der Waals surface area contributed by atoms with Gasteiger partial charge in [-0.1, -0.05) is 48.2 Å². The van der Waals surface area contributed by atoms with Crippen molar-refractivity contribution in [2.24, 2.45) is 5.10 Å². The fourth-order valence-corrected chi connectivity index (χ4v) is 3.85. The number of hydrogen-bond acceptors (Lipinski definition) is 4. The van der Waals surface area contributed by atoms with Crippen molar-refractivity contribution < 1.29 is 18.0 Å². The Morgan fingerprint density at radius 2 is 1.97 bits per heavy atom. The molecular formula is C22H19F3N4OS. The molecule has 1 amide bonds. The highest BCUT2D eigenvalue weighted by Crippen LogP contribution is 2.38. The van der Waals surface area contributed by atoms with Gasteiger partial charge >= 0.3 is 6.18 Å². The molecule has 1 fully saturated rings. The van der Waals surface area contributed by atoms with Gasteiger partial charge in [0.2, 0.25) is 0 Å². The molecule has 0 saturated heterocycles. The predicted molar refractivity (Wildman–Crippen MR) is 114 cm³/mol. The predicted octanol–water partition coefficient (Wildman–Crippen LogP) is 5.40. The minimum atomic E-state index is -4.52. The molecule has 1 aliphatic rings. The van der Waals surface area contributed by atoms with Crippen molar-refractivity contribution in [2.45, 2.75) is 30.2 Å². The lowest BCUT2D eigenvalue weighted by Gasteiger charge is -2.18. The summed E-state index contributed by atoms with van der Waals surface area (Å²) in [4.78, 5) is 17.3. The molecule has 2 aromatic carbocycles. The minimum absolute atomic E-state index is 0.00783. The molecule has 160 valence electrons. The highest BCUT2D eigenvalue weighted by molar-refractivity contribution is 7.99. The molecule has 1 heterocycles. The van der Waals surface area contributed by atoms with E-state index in [9.17, 15) is 18.0 Å². The summed E-state index contributed by atoms with van der Waals surface area (Å²) in [6, 6.07) is 14.1. The van der Waals surface area contributed by atoms with Gasteiger partial charge in [-0.25, -0.2) is 9.99 Å². The van der Waals surface area contributed by atoms with Gasteiger partial charge in [0.05, 0.1) is 23.2 Å². The Labute approximate surface area is 181 Å². The van der Waals surface area contributed by atoms with Crippen LogP contribution in [0.1, 0.15) is 30.0 Å². The lowest BCUT2D eigenvalue weighted by Crippen LogP contribution is -2.28. The first kappa shape index (κ1) is 21.2. The highest BCUT2D eigenvalue weighted by atomic mass is 32.2. The van der Waals surface area contributed by atoms with E-state index in [0.29, 0.717) is 11.2 Å². The molecule has 0 N–H and O–H groups in total. The van der Waals surface area contributed by atoms with Crippen LogP contribution in [0.2, 0.25) is 0 Å². The van der Waals surface area contributed by atoms with Crippen LogP contribution in [0.3, 0.4) is 0 Å². The zero-order valence-electron chi connectivity index (χ0n) is 16.4. The molecular weight excluding hydrogens is 425 g/mol. The summed E-state index contributed by atoms with van der Waals surface area (Å²) in [6.07, 6.45) is 2.66. The van der Waals surface area contributed by atoms with Crippen LogP contribution >= 0.6 is 11.8 Å². The number of hydrogen-bond donors (Lipinski definition) is 0. The number of alkyl halides is 3. The van der Waals surface area contributed by atoms with E-state index in [0.717, 1.165) is 35.5 Å². The number of nitrogens with zero attached hydrogens (tertiary/aromatic N) is 4. The lowest BCUT2D eigenvalue weighted by atomic mass is 10.2. The zero-order valence-corrected chi connectivity index (χ0v) is 17.2. The van der Waals surface area contributed by atoms with Crippen LogP contribution in [0.5, 0.6) is 0 Å². The van der Waals surface area contributed by atoms with E-state index in [1.54, 1.807) is 18.3 Å². The highest BCUT2D eigenvalue weighted by Gasteiger charge is 2.31. The van der Waals surface area contributed by atoms with E-state index in [1.807, 2.05) is 29.0 Å². The smallest absolute Gasteiger partial charge is 0.323 e. The third kappa shape index (κ3) is 5.35. The molecule has 1 aromatic heterocycles. The second kappa shape index (κ2) is 8.97. The second-order valence-corrected chi connectivity index (χ2v) is 7.99. The normalized spacial score (nSPS) is 14.2. The number of anilines is 1. The van der Waals surface area contributed by atoms with Crippen LogP contribution in [0.15, 0.2) is 77.2 Å². The van der Waals surface area contributed by atoms with Gasteiger partial charge < -0.3 is 4.57 Å². The van der Waals surface area contributed by atoms with Crippen molar-refractivity contribution in [3.05, 3.63) is 78.1 Å². The minimum Gasteiger partial charge on any atom is -0.323 e. The van der Waals surface area contributed by atoms with Crippen LogP contribution < -0.4 is 5.01 Å². The topological polar surface area (TPSA) is 50.5 Å². The molecule has 0 aliphatic heterocycles. The summed E-state index contributed by atoms with van der Waals surface area (Å²) >= 11 is 1.25. The van der Waals surface area contributed by atoms with Crippen molar-refractivity contribution in [3.63, 3.8) is 0 Å². The molecule has 0 bridgehead atoms. The summed E-state index contributed by atoms with van der Waals surface area (Å²) in [5.41, 5.74) is -0.0583. The van der Waals surface area contributed by atoms with E-state index in [4.69, 9.17) is 0 Å². The lowest BCUT2D eigenvalue weighted by molar-refractivity contribution is -0.137. The van der Waals surface area contributed by atoms with Crippen LogP contribution in [-0.4, -0.2) is 27.4 Å². The largest absolute Gasteiger partial charge is 0.416 e. The average Bonchev–Trinajstić information content (AvgIpc) is 3.50. The number of carbonyl (C=O) groups excluding carboxylic acids is 1. The van der Waals surface area contributed by atoms with Crippen LogP contribution in [0.4, 0.5) is 18.9 Å². The Bertz CT molecular complexity index is 1080. The van der Waals surface area contributed by atoms with Gasteiger partial charge in [0, 0.05) is 18.4 Å². The summed E-state index contributed by atoms with van der Waals surface area (Å²) in [5.74, 6) is -0.451. The SMILES string of the molecule is O=C(CSc1nccn1C1CC1)N(/N=C/c1ccccc1)c1cccc(C(F)(F)F)c1. The van der Waals surface area contributed by atoms with Gasteiger partial charge in [-0.05, 0) is 36.6 Å². The molecule has 5 nitrogen and oxygen atoms in total. The van der Waals surface area contributed by atoms with Gasteiger partial charge in [-0.15, -0.1) is 0 Å². The van der Waals surface area contributed by atoms with Crippen LogP contribution in [0.25, 0.3) is 0 Å². The second-order valence-electron chi connectivity index (χ2n) is 7.05. The average molecular weight is 444 g/mol. The summed E-state index contributed by atoms with van der Waals surface area (Å²) in [7, 11) is 0. The quantitative estimate of drug-likeness (QED) is 0.279. The van der Waals surface area contributed by atoms with E-state index in [-0.39, 0.29) is 11.4 Å². The number of carbonyl (C=O) groups is 1.